The topological polar surface area (TPSA) is 33.2 Å². The van der Waals surface area contributed by atoms with Crippen LogP contribution >= 0.6 is 23.1 Å². The quantitative estimate of drug-likeness (QED) is 0.570. The second-order valence-corrected chi connectivity index (χ2v) is 8.82. The lowest BCUT2D eigenvalue weighted by atomic mass is 9.97. The van der Waals surface area contributed by atoms with E-state index in [0.29, 0.717) is 12.3 Å². The highest BCUT2D eigenvalue weighted by Crippen LogP contribution is 2.34. The lowest BCUT2D eigenvalue weighted by Crippen LogP contribution is -2.38. The Morgan fingerprint density at radius 1 is 1.08 bits per heavy atom. The number of thioether (sulfide) groups is 1. The Morgan fingerprint density at radius 2 is 1.81 bits per heavy atom. The third-order valence-corrected chi connectivity index (χ3v) is 7.05. The number of thiazole rings is 1. The molecule has 0 N–H and O–H groups in total. The second kappa shape index (κ2) is 8.23. The molecule has 5 heteroatoms. The highest BCUT2D eigenvalue weighted by Gasteiger charge is 2.25. The minimum Gasteiger partial charge on any atom is -0.343 e. The molecule has 0 aliphatic carbocycles. The zero-order valence-corrected chi connectivity index (χ0v) is 16.3. The molecule has 1 fully saturated rings. The van der Waals surface area contributed by atoms with E-state index in [9.17, 15) is 4.79 Å². The summed E-state index contributed by atoms with van der Waals surface area (Å²) in [5.74, 6) is 1.63. The Balaban J connectivity index is 1.27. The fraction of sp³-hybridized carbons (Fsp3) is 0.333. The van der Waals surface area contributed by atoms with E-state index < -0.39 is 0 Å². The number of para-hydroxylation sites is 1. The van der Waals surface area contributed by atoms with Crippen molar-refractivity contribution in [1.29, 1.82) is 0 Å². The molecule has 0 radical (unpaired) electrons. The first-order valence-electron chi connectivity index (χ1n) is 9.11. The summed E-state index contributed by atoms with van der Waals surface area (Å²) in [6, 6.07) is 18.6. The van der Waals surface area contributed by atoms with E-state index in [4.69, 9.17) is 4.98 Å². The van der Waals surface area contributed by atoms with Gasteiger partial charge in [0.25, 0.3) is 0 Å². The maximum Gasteiger partial charge on any atom is 0.223 e. The van der Waals surface area contributed by atoms with Crippen LogP contribution in [0.25, 0.3) is 10.2 Å². The van der Waals surface area contributed by atoms with Crippen LogP contribution in [0, 0.1) is 0 Å². The second-order valence-electron chi connectivity index (χ2n) is 6.59. The highest BCUT2D eigenvalue weighted by molar-refractivity contribution is 7.99. The molecule has 0 atom stereocenters. The van der Waals surface area contributed by atoms with E-state index >= 15 is 0 Å². The molecule has 0 spiro atoms. The van der Waals surface area contributed by atoms with Gasteiger partial charge >= 0.3 is 0 Å². The van der Waals surface area contributed by atoms with E-state index in [0.717, 1.165) is 37.2 Å². The Morgan fingerprint density at radius 3 is 2.58 bits per heavy atom. The molecular formula is C21H22N2OS2. The predicted molar refractivity (Wildman–Crippen MR) is 110 cm³/mol. The van der Waals surface area contributed by atoms with E-state index in [1.807, 2.05) is 40.5 Å². The molecule has 2 aromatic carbocycles. The van der Waals surface area contributed by atoms with Crippen molar-refractivity contribution in [2.24, 2.45) is 0 Å². The molecule has 134 valence electrons. The molecule has 1 aromatic heterocycles. The van der Waals surface area contributed by atoms with E-state index in [-0.39, 0.29) is 5.91 Å². The first-order valence-corrected chi connectivity index (χ1v) is 10.9. The smallest absolute Gasteiger partial charge is 0.223 e. The minimum atomic E-state index is 0.288. The van der Waals surface area contributed by atoms with Crippen LogP contribution in [0.5, 0.6) is 0 Å². The summed E-state index contributed by atoms with van der Waals surface area (Å²) in [4.78, 5) is 20.5. The molecule has 0 unspecified atom stereocenters. The van der Waals surface area contributed by atoms with Crippen LogP contribution in [0.15, 0.2) is 59.5 Å². The molecule has 1 saturated heterocycles. The number of rotatable bonds is 5. The number of carbonyl (C=O) groups excluding carboxylic acids is 1. The van der Waals surface area contributed by atoms with Crippen molar-refractivity contribution >= 4 is 39.2 Å². The zero-order chi connectivity index (χ0) is 17.8. The standard InChI is InChI=1S/C21H22N2OS2/c24-20(12-15-25-17-6-2-1-3-7-17)23-13-10-16(11-14-23)21-22-18-8-4-5-9-19(18)26-21/h1-9,16H,10-15H2. The Hall–Kier alpha value is -1.85. The molecule has 4 rings (SSSR count). The van der Waals surface area contributed by atoms with Crippen molar-refractivity contribution in [3.8, 4) is 0 Å². The monoisotopic (exact) mass is 382 g/mol. The Bertz CT molecular complexity index is 837. The summed E-state index contributed by atoms with van der Waals surface area (Å²) in [7, 11) is 0. The number of aromatic nitrogens is 1. The number of benzene rings is 2. The predicted octanol–water partition coefficient (Wildman–Crippen LogP) is 5.18. The van der Waals surface area contributed by atoms with Gasteiger partial charge in [0.05, 0.1) is 15.2 Å². The van der Waals surface area contributed by atoms with Gasteiger partial charge in [-0.3, -0.25) is 4.79 Å². The molecule has 3 aromatic rings. The van der Waals surface area contributed by atoms with Gasteiger partial charge < -0.3 is 4.90 Å². The summed E-state index contributed by atoms with van der Waals surface area (Å²) in [6.07, 6.45) is 2.67. The summed E-state index contributed by atoms with van der Waals surface area (Å²) >= 11 is 3.56. The molecule has 0 bridgehead atoms. The number of hydrogen-bond donors (Lipinski definition) is 0. The number of hydrogen-bond acceptors (Lipinski definition) is 4. The van der Waals surface area contributed by atoms with Crippen LogP contribution in [0.4, 0.5) is 0 Å². The van der Waals surface area contributed by atoms with Crippen LogP contribution in [0.1, 0.15) is 30.2 Å². The largest absolute Gasteiger partial charge is 0.343 e. The molecule has 1 aliphatic heterocycles. The van der Waals surface area contributed by atoms with Crippen molar-refractivity contribution in [2.75, 3.05) is 18.8 Å². The average Bonchev–Trinajstić information content (AvgIpc) is 3.13. The fourth-order valence-corrected chi connectivity index (χ4v) is 5.37. The number of carbonyl (C=O) groups is 1. The van der Waals surface area contributed by atoms with Gasteiger partial charge in [0.15, 0.2) is 0 Å². The first-order chi connectivity index (χ1) is 12.8. The van der Waals surface area contributed by atoms with Crippen molar-refractivity contribution in [2.45, 2.75) is 30.1 Å². The van der Waals surface area contributed by atoms with Gasteiger partial charge in [0.2, 0.25) is 5.91 Å². The third kappa shape index (κ3) is 4.10. The molecule has 1 aliphatic rings. The van der Waals surface area contributed by atoms with Crippen LogP contribution in [0.2, 0.25) is 0 Å². The third-order valence-electron chi connectivity index (χ3n) is 4.84. The Kier molecular flexibility index (Phi) is 5.56. The van der Waals surface area contributed by atoms with Crippen LogP contribution in [0.3, 0.4) is 0 Å². The van der Waals surface area contributed by atoms with Crippen molar-refractivity contribution in [3.05, 3.63) is 59.6 Å². The zero-order valence-electron chi connectivity index (χ0n) is 14.6. The van der Waals surface area contributed by atoms with Gasteiger partial charge in [0, 0.05) is 36.1 Å². The van der Waals surface area contributed by atoms with Crippen LogP contribution in [-0.4, -0.2) is 34.6 Å². The van der Waals surface area contributed by atoms with Crippen molar-refractivity contribution in [3.63, 3.8) is 0 Å². The van der Waals surface area contributed by atoms with Crippen molar-refractivity contribution in [1.82, 2.24) is 9.88 Å². The van der Waals surface area contributed by atoms with E-state index in [2.05, 4.69) is 30.3 Å². The molecule has 1 amide bonds. The first kappa shape index (κ1) is 17.6. The van der Waals surface area contributed by atoms with Gasteiger partial charge in [-0.05, 0) is 37.1 Å². The molecule has 26 heavy (non-hydrogen) atoms. The number of piperidine rings is 1. The van der Waals surface area contributed by atoms with E-state index in [1.165, 1.54) is 14.6 Å². The number of amides is 1. The molecule has 2 heterocycles. The lowest BCUT2D eigenvalue weighted by Gasteiger charge is -2.31. The van der Waals surface area contributed by atoms with Crippen LogP contribution < -0.4 is 0 Å². The fourth-order valence-electron chi connectivity index (χ4n) is 3.37. The Labute approximate surface area is 162 Å². The van der Waals surface area contributed by atoms with Gasteiger partial charge in [-0.1, -0.05) is 30.3 Å². The number of nitrogens with zero attached hydrogens (tertiary/aromatic N) is 2. The van der Waals surface area contributed by atoms with Gasteiger partial charge in [-0.15, -0.1) is 23.1 Å². The number of likely N-dealkylation sites (tertiary alicyclic amines) is 1. The SMILES string of the molecule is O=C(CCSc1ccccc1)N1CCC(c2nc3ccccc3s2)CC1. The highest BCUT2D eigenvalue weighted by atomic mass is 32.2. The summed E-state index contributed by atoms with van der Waals surface area (Å²) in [5, 5.41) is 1.23. The van der Waals surface area contributed by atoms with E-state index in [1.54, 1.807) is 11.8 Å². The lowest BCUT2D eigenvalue weighted by molar-refractivity contribution is -0.131. The number of fused-ring (bicyclic) bond motifs is 1. The maximum atomic E-state index is 12.5. The normalized spacial score (nSPS) is 15.5. The van der Waals surface area contributed by atoms with Gasteiger partial charge in [0.1, 0.15) is 0 Å². The average molecular weight is 383 g/mol. The maximum absolute atomic E-state index is 12.5. The summed E-state index contributed by atoms with van der Waals surface area (Å²) in [5.41, 5.74) is 1.10. The molecule has 3 nitrogen and oxygen atoms in total. The molecular weight excluding hydrogens is 360 g/mol. The van der Waals surface area contributed by atoms with Crippen LogP contribution in [-0.2, 0) is 4.79 Å². The van der Waals surface area contributed by atoms with Crippen molar-refractivity contribution < 1.29 is 4.79 Å². The summed E-state index contributed by atoms with van der Waals surface area (Å²) in [6.45, 7) is 1.71. The summed E-state index contributed by atoms with van der Waals surface area (Å²) < 4.78 is 1.26. The minimum absolute atomic E-state index is 0.288. The van der Waals surface area contributed by atoms with Gasteiger partial charge in [-0.25, -0.2) is 4.98 Å². The van der Waals surface area contributed by atoms with Gasteiger partial charge in [-0.2, -0.15) is 0 Å². The molecule has 0 saturated carbocycles.